The molecule has 0 aliphatic carbocycles. The largest absolute Gasteiger partial charge is 0.440 e. The average Bonchev–Trinajstić information content (AvgIpc) is 2.85. The van der Waals surface area contributed by atoms with Crippen molar-refractivity contribution in [3.8, 4) is 0 Å². The van der Waals surface area contributed by atoms with E-state index in [1.54, 1.807) is 12.5 Å². The van der Waals surface area contributed by atoms with Crippen molar-refractivity contribution in [2.24, 2.45) is 9.63 Å². The number of nitrogens with zero attached hydrogens (tertiary/aromatic N) is 3. The molecule has 1 aromatic carbocycles. The van der Waals surface area contributed by atoms with Crippen LogP contribution in [0.1, 0.15) is 0 Å². The molecule has 3 rings (SSSR count). The molecule has 2 aromatic rings. The van der Waals surface area contributed by atoms with Gasteiger partial charge in [0, 0.05) is 4.90 Å². The van der Waals surface area contributed by atoms with E-state index in [1.807, 2.05) is 24.3 Å². The van der Waals surface area contributed by atoms with Crippen LogP contribution in [0.5, 0.6) is 0 Å². The van der Waals surface area contributed by atoms with Gasteiger partial charge in [-0.05, 0) is 23.2 Å². The van der Waals surface area contributed by atoms with E-state index in [2.05, 4.69) is 14.6 Å². The fourth-order valence-corrected chi connectivity index (χ4v) is 2.80. The molecule has 1 unspecified atom stereocenters. The minimum atomic E-state index is -0.838. The summed E-state index contributed by atoms with van der Waals surface area (Å²) in [4.78, 5) is 5.22. The molecule has 4 nitrogen and oxygen atoms in total. The first-order valence-electron chi connectivity index (χ1n) is 4.15. The van der Waals surface area contributed by atoms with Crippen molar-refractivity contribution in [2.45, 2.75) is 10.1 Å². The Morgan fingerprint density at radius 3 is 3.00 bits per heavy atom. The van der Waals surface area contributed by atoms with Crippen LogP contribution in [0.4, 0.5) is 5.69 Å². The van der Waals surface area contributed by atoms with Gasteiger partial charge in [0.05, 0.1) is 6.20 Å². The second kappa shape index (κ2) is 2.95. The van der Waals surface area contributed by atoms with Gasteiger partial charge in [-0.2, -0.15) is 0 Å². The Hall–Kier alpha value is -1.62. The van der Waals surface area contributed by atoms with Crippen molar-refractivity contribution in [3.63, 3.8) is 0 Å². The molecule has 1 aliphatic rings. The minimum Gasteiger partial charge on any atom is -0.440 e. The molecule has 1 atom stereocenters. The van der Waals surface area contributed by atoms with Gasteiger partial charge < -0.3 is 4.42 Å². The van der Waals surface area contributed by atoms with Crippen LogP contribution in [0.25, 0.3) is 0 Å². The zero-order chi connectivity index (χ0) is 9.38. The Kier molecular flexibility index (Phi) is 1.63. The fraction of sp³-hybridized carbons (Fsp3) is 0. The van der Waals surface area contributed by atoms with Gasteiger partial charge in [-0.3, -0.25) is 0 Å². The summed E-state index contributed by atoms with van der Waals surface area (Å²) in [7, 11) is 0. The first kappa shape index (κ1) is 7.75. The zero-order valence-electron chi connectivity index (χ0n) is 7.16. The summed E-state index contributed by atoms with van der Waals surface area (Å²) in [5.41, 5.74) is 0.928. The third-order valence-corrected chi connectivity index (χ3v) is 3.64. The fourth-order valence-electron chi connectivity index (χ4n) is 1.33. The molecule has 0 spiro atoms. The number of rotatable bonds is 1. The van der Waals surface area contributed by atoms with Gasteiger partial charge in [0.25, 0.3) is 5.22 Å². The summed E-state index contributed by atoms with van der Waals surface area (Å²) in [6.07, 6.45) is 3.20. The predicted octanol–water partition coefficient (Wildman–Crippen LogP) is 3.11. The summed E-state index contributed by atoms with van der Waals surface area (Å²) in [5.74, 6) is 0. The number of thiol groups is 1. The maximum absolute atomic E-state index is 5.24. The van der Waals surface area contributed by atoms with E-state index in [0.29, 0.717) is 5.22 Å². The smallest absolute Gasteiger partial charge is 0.260 e. The summed E-state index contributed by atoms with van der Waals surface area (Å²) >= 11 is -0.838. The van der Waals surface area contributed by atoms with Crippen molar-refractivity contribution >= 4 is 16.8 Å². The molecular formula is C9H7N3OS. The lowest BCUT2D eigenvalue weighted by Gasteiger charge is -2.05. The predicted molar refractivity (Wildman–Crippen MR) is 53.0 cm³/mol. The first-order valence-corrected chi connectivity index (χ1v) is 5.45. The minimum absolute atomic E-state index is 0.661. The molecule has 1 aliphatic heterocycles. The highest BCUT2D eigenvalue weighted by molar-refractivity contribution is 8.15. The number of fused-ring (bicyclic) bond motifs is 1. The van der Waals surface area contributed by atoms with Crippen LogP contribution in [0, 0.1) is 0 Å². The van der Waals surface area contributed by atoms with Gasteiger partial charge in [0.15, 0.2) is 0 Å². The molecule has 0 saturated heterocycles. The lowest BCUT2D eigenvalue weighted by molar-refractivity contribution is 0.452. The summed E-state index contributed by atoms with van der Waals surface area (Å²) in [6.45, 7) is 0. The van der Waals surface area contributed by atoms with Gasteiger partial charge in [-0.15, -0.1) is 9.63 Å². The Labute approximate surface area is 83.2 Å². The van der Waals surface area contributed by atoms with Crippen LogP contribution >= 0.6 is 11.1 Å². The molecule has 0 amide bonds. The van der Waals surface area contributed by atoms with E-state index in [1.165, 1.54) is 0 Å². The second-order valence-corrected chi connectivity index (χ2v) is 4.47. The number of hydrogen-bond donors (Lipinski definition) is 1. The molecule has 0 radical (unpaired) electrons. The van der Waals surface area contributed by atoms with Gasteiger partial charge in [-0.1, -0.05) is 12.1 Å². The molecule has 0 fully saturated rings. The first-order chi connectivity index (χ1) is 6.95. The quantitative estimate of drug-likeness (QED) is 0.727. The van der Waals surface area contributed by atoms with Crippen molar-refractivity contribution in [3.05, 3.63) is 36.7 Å². The maximum atomic E-state index is 5.24. The van der Waals surface area contributed by atoms with Crippen LogP contribution in [0.2, 0.25) is 0 Å². The number of benzene rings is 1. The summed E-state index contributed by atoms with van der Waals surface area (Å²) in [6, 6.07) is 7.90. The topological polar surface area (TPSA) is 50.8 Å². The molecule has 70 valence electrons. The molecule has 0 N–H and O–H groups in total. The molecule has 14 heavy (non-hydrogen) atoms. The van der Waals surface area contributed by atoms with E-state index in [9.17, 15) is 0 Å². The maximum Gasteiger partial charge on any atom is 0.260 e. The lowest BCUT2D eigenvalue weighted by atomic mass is 10.3. The van der Waals surface area contributed by atoms with Crippen molar-refractivity contribution in [1.29, 1.82) is 0 Å². The van der Waals surface area contributed by atoms with E-state index in [0.717, 1.165) is 10.6 Å². The van der Waals surface area contributed by atoms with Crippen LogP contribution in [-0.2, 0) is 0 Å². The summed E-state index contributed by atoms with van der Waals surface area (Å²) < 4.78 is 9.42. The van der Waals surface area contributed by atoms with Crippen molar-refractivity contribution < 1.29 is 4.42 Å². The Bertz CT molecular complexity index is 481. The molecule has 5 heteroatoms. The van der Waals surface area contributed by atoms with Gasteiger partial charge in [-0.25, -0.2) is 4.98 Å². The van der Waals surface area contributed by atoms with E-state index in [4.69, 9.17) is 4.42 Å². The van der Waals surface area contributed by atoms with E-state index in [-0.39, 0.29) is 0 Å². The van der Waals surface area contributed by atoms with Crippen molar-refractivity contribution in [2.75, 3.05) is 0 Å². The van der Waals surface area contributed by atoms with Crippen molar-refractivity contribution in [1.82, 2.24) is 4.98 Å². The highest BCUT2D eigenvalue weighted by Crippen LogP contribution is 2.53. The second-order valence-electron chi connectivity index (χ2n) is 2.80. The normalized spacial score (nSPS) is 21.0. The third kappa shape index (κ3) is 1.06. The number of oxazole rings is 1. The number of hydrogen-bond acceptors (Lipinski definition) is 4. The Morgan fingerprint density at radius 2 is 2.14 bits per heavy atom. The van der Waals surface area contributed by atoms with E-state index < -0.39 is 11.1 Å². The van der Waals surface area contributed by atoms with Gasteiger partial charge >= 0.3 is 0 Å². The molecule has 1 aromatic heterocycles. The monoisotopic (exact) mass is 205 g/mol. The lowest BCUT2D eigenvalue weighted by Crippen LogP contribution is -1.77. The molecule has 2 heterocycles. The molecule has 0 saturated carbocycles. The summed E-state index contributed by atoms with van der Waals surface area (Å²) in [5, 5.41) is 4.75. The Morgan fingerprint density at radius 1 is 1.21 bits per heavy atom. The highest BCUT2D eigenvalue weighted by Gasteiger charge is 2.21. The van der Waals surface area contributed by atoms with Crippen LogP contribution in [-0.4, -0.2) is 4.98 Å². The van der Waals surface area contributed by atoms with Crippen LogP contribution in [0.3, 0.4) is 0 Å². The van der Waals surface area contributed by atoms with Crippen LogP contribution in [0.15, 0.2) is 60.9 Å². The average molecular weight is 205 g/mol. The van der Waals surface area contributed by atoms with Crippen LogP contribution < -0.4 is 0 Å². The number of aromatic nitrogens is 1. The molecular weight excluding hydrogens is 198 g/mol. The standard InChI is InChI=1S/C9H7N3OS/c1-2-4-8-7(3-1)11-12-14(8)9-10-5-6-13-9/h1-6,14H. The third-order valence-electron chi connectivity index (χ3n) is 1.95. The van der Waals surface area contributed by atoms with E-state index >= 15 is 0 Å². The zero-order valence-corrected chi connectivity index (χ0v) is 8.06. The van der Waals surface area contributed by atoms with Gasteiger partial charge in [0.2, 0.25) is 0 Å². The highest BCUT2D eigenvalue weighted by atomic mass is 32.2. The SMILES string of the molecule is c1ccc2c(c1)N=N[SH]2c1ncco1. The van der Waals surface area contributed by atoms with Gasteiger partial charge in [0.1, 0.15) is 12.0 Å². The Balaban J connectivity index is 2.11. The molecule has 0 bridgehead atoms.